The number of rotatable bonds is 4. The maximum absolute atomic E-state index is 12.6. The average molecular weight is 367 g/mol. The molecule has 6 heteroatoms. The number of nitrogens with zero attached hydrogens (tertiary/aromatic N) is 1. The monoisotopic (exact) mass is 365 g/mol. The lowest BCUT2D eigenvalue weighted by molar-refractivity contribution is 0.263. The van der Waals surface area contributed by atoms with Crippen LogP contribution in [0.25, 0.3) is 0 Å². The topological polar surface area (TPSA) is 37.4 Å². The second-order valence-corrected chi connectivity index (χ2v) is 7.89. The number of benzene rings is 1. The van der Waals surface area contributed by atoms with Gasteiger partial charge in [0.25, 0.3) is 0 Å². The maximum atomic E-state index is 12.6. The van der Waals surface area contributed by atoms with E-state index in [4.69, 9.17) is 11.6 Å². The van der Waals surface area contributed by atoms with Gasteiger partial charge in [-0.05, 0) is 37.3 Å². The van der Waals surface area contributed by atoms with Crippen LogP contribution in [0.15, 0.2) is 29.2 Å². The summed E-state index contributed by atoms with van der Waals surface area (Å²) in [4.78, 5) is 0.219. The van der Waals surface area contributed by atoms with Crippen LogP contribution in [-0.2, 0) is 10.0 Å². The Morgan fingerprint density at radius 2 is 2.11 bits per heavy atom. The maximum Gasteiger partial charge on any atom is 0.244 e. The van der Waals surface area contributed by atoms with E-state index in [0.29, 0.717) is 24.0 Å². The Labute approximate surface area is 128 Å². The summed E-state index contributed by atoms with van der Waals surface area (Å²) in [5.74, 6) is 0.436. The smallest absolute Gasteiger partial charge is 0.207 e. The first kappa shape index (κ1) is 15.3. The molecular weight excluding hydrogens is 350 g/mol. The van der Waals surface area contributed by atoms with E-state index in [-0.39, 0.29) is 4.90 Å². The molecule has 3 nitrogen and oxygen atoms in total. The summed E-state index contributed by atoms with van der Waals surface area (Å²) >= 11 is 9.43. The number of sulfonamides is 1. The third-order valence-electron chi connectivity index (χ3n) is 3.45. The van der Waals surface area contributed by atoms with Gasteiger partial charge in [-0.2, -0.15) is 4.31 Å². The van der Waals surface area contributed by atoms with Crippen LogP contribution in [0.3, 0.4) is 0 Å². The molecule has 0 bridgehead atoms. The summed E-state index contributed by atoms with van der Waals surface area (Å²) in [7, 11) is -3.46. The molecule has 1 aliphatic heterocycles. The molecular formula is C13H17BrClNO2S. The van der Waals surface area contributed by atoms with Crippen LogP contribution in [0.5, 0.6) is 0 Å². The van der Waals surface area contributed by atoms with Crippen molar-refractivity contribution in [3.8, 4) is 0 Å². The lowest BCUT2D eigenvalue weighted by Gasteiger charge is -2.31. The first-order valence-electron chi connectivity index (χ1n) is 6.36. The predicted molar refractivity (Wildman–Crippen MR) is 81.3 cm³/mol. The van der Waals surface area contributed by atoms with Crippen molar-refractivity contribution in [1.82, 2.24) is 4.31 Å². The summed E-state index contributed by atoms with van der Waals surface area (Å²) in [6.07, 6.45) is 3.02. The molecule has 0 saturated carbocycles. The Bertz CT molecular complexity index is 533. The van der Waals surface area contributed by atoms with Crippen molar-refractivity contribution in [3.05, 3.63) is 29.3 Å². The number of piperidine rings is 1. The van der Waals surface area contributed by atoms with E-state index in [9.17, 15) is 8.42 Å². The van der Waals surface area contributed by atoms with Crippen molar-refractivity contribution in [1.29, 1.82) is 0 Å². The van der Waals surface area contributed by atoms with E-state index in [1.807, 2.05) is 0 Å². The highest BCUT2D eigenvalue weighted by Gasteiger charge is 2.31. The third-order valence-corrected chi connectivity index (χ3v) is 6.28. The zero-order valence-electron chi connectivity index (χ0n) is 10.6. The molecule has 1 atom stereocenters. The van der Waals surface area contributed by atoms with Crippen molar-refractivity contribution in [2.45, 2.75) is 24.2 Å². The predicted octanol–water partition coefficient (Wildman–Crippen LogP) is 3.53. The SMILES string of the molecule is O=S(=O)(c1ccccc1Cl)N1CCCC(CCBr)C1. The van der Waals surface area contributed by atoms with Gasteiger partial charge in [0.05, 0.1) is 5.02 Å². The van der Waals surface area contributed by atoms with Crippen molar-refractivity contribution in [2.24, 2.45) is 5.92 Å². The zero-order valence-corrected chi connectivity index (χ0v) is 13.7. The van der Waals surface area contributed by atoms with E-state index in [0.717, 1.165) is 24.6 Å². The minimum Gasteiger partial charge on any atom is -0.207 e. The summed E-state index contributed by atoms with van der Waals surface area (Å²) < 4.78 is 26.7. The molecule has 19 heavy (non-hydrogen) atoms. The van der Waals surface area contributed by atoms with Crippen molar-refractivity contribution < 1.29 is 8.42 Å². The molecule has 1 aromatic rings. The van der Waals surface area contributed by atoms with Crippen LogP contribution < -0.4 is 0 Å². The molecule has 1 fully saturated rings. The average Bonchev–Trinajstić information content (AvgIpc) is 2.40. The minimum atomic E-state index is -3.46. The van der Waals surface area contributed by atoms with Gasteiger partial charge < -0.3 is 0 Å². The summed E-state index contributed by atoms with van der Waals surface area (Å²) in [5.41, 5.74) is 0. The van der Waals surface area contributed by atoms with Gasteiger partial charge in [-0.25, -0.2) is 8.42 Å². The number of alkyl halides is 1. The lowest BCUT2D eigenvalue weighted by atomic mass is 9.97. The zero-order chi connectivity index (χ0) is 13.9. The summed E-state index contributed by atoms with van der Waals surface area (Å²) in [6.45, 7) is 1.19. The fourth-order valence-electron chi connectivity index (χ4n) is 2.43. The van der Waals surface area contributed by atoms with Crippen molar-refractivity contribution in [2.75, 3.05) is 18.4 Å². The second-order valence-electron chi connectivity index (χ2n) is 4.78. The fourth-order valence-corrected chi connectivity index (χ4v) is 5.12. The van der Waals surface area contributed by atoms with E-state index in [1.54, 1.807) is 28.6 Å². The van der Waals surface area contributed by atoms with Gasteiger partial charge in [0.2, 0.25) is 10.0 Å². The molecule has 1 aliphatic rings. The quantitative estimate of drug-likeness (QED) is 0.765. The summed E-state index contributed by atoms with van der Waals surface area (Å²) in [5, 5.41) is 1.21. The van der Waals surface area contributed by atoms with E-state index >= 15 is 0 Å². The van der Waals surface area contributed by atoms with Gasteiger partial charge in [0, 0.05) is 18.4 Å². The molecule has 0 aromatic heterocycles. The fraction of sp³-hybridized carbons (Fsp3) is 0.538. The Morgan fingerprint density at radius 1 is 1.37 bits per heavy atom. The van der Waals surface area contributed by atoms with Crippen LogP contribution in [0.4, 0.5) is 0 Å². The molecule has 2 rings (SSSR count). The number of hydrogen-bond acceptors (Lipinski definition) is 2. The first-order valence-corrected chi connectivity index (χ1v) is 9.30. The molecule has 106 valence electrons. The molecule has 1 heterocycles. The van der Waals surface area contributed by atoms with Crippen LogP contribution in [0.2, 0.25) is 5.02 Å². The standard InChI is InChI=1S/C13H17BrClNO2S/c14-8-7-11-4-3-9-16(10-11)19(17,18)13-6-2-1-5-12(13)15/h1-2,5-6,11H,3-4,7-10H2. The largest absolute Gasteiger partial charge is 0.244 e. The molecule has 0 spiro atoms. The number of hydrogen-bond donors (Lipinski definition) is 0. The second kappa shape index (κ2) is 6.57. The van der Waals surface area contributed by atoms with E-state index in [1.165, 1.54) is 0 Å². The number of halogens is 2. The molecule has 0 aliphatic carbocycles. The first-order chi connectivity index (χ1) is 9.05. The van der Waals surface area contributed by atoms with Gasteiger partial charge in [-0.3, -0.25) is 0 Å². The Hall–Kier alpha value is -0.100. The third kappa shape index (κ3) is 3.51. The van der Waals surface area contributed by atoms with Gasteiger partial charge in [-0.1, -0.05) is 39.7 Å². The highest BCUT2D eigenvalue weighted by molar-refractivity contribution is 9.09. The van der Waals surface area contributed by atoms with Crippen LogP contribution in [0, 0.1) is 5.92 Å². The van der Waals surface area contributed by atoms with Gasteiger partial charge in [0.15, 0.2) is 0 Å². The lowest BCUT2D eigenvalue weighted by Crippen LogP contribution is -2.40. The Morgan fingerprint density at radius 3 is 2.79 bits per heavy atom. The Kier molecular flexibility index (Phi) is 5.29. The van der Waals surface area contributed by atoms with Crippen molar-refractivity contribution in [3.63, 3.8) is 0 Å². The molecule has 1 aromatic carbocycles. The van der Waals surface area contributed by atoms with E-state index < -0.39 is 10.0 Å². The van der Waals surface area contributed by atoms with Crippen molar-refractivity contribution >= 4 is 37.6 Å². The molecule has 0 N–H and O–H groups in total. The Balaban J connectivity index is 2.22. The van der Waals surface area contributed by atoms with Crippen LogP contribution in [0.1, 0.15) is 19.3 Å². The van der Waals surface area contributed by atoms with Crippen LogP contribution >= 0.6 is 27.5 Å². The van der Waals surface area contributed by atoms with Crippen LogP contribution in [-0.4, -0.2) is 31.1 Å². The highest BCUT2D eigenvalue weighted by atomic mass is 79.9. The van der Waals surface area contributed by atoms with Gasteiger partial charge in [-0.15, -0.1) is 0 Å². The van der Waals surface area contributed by atoms with E-state index in [2.05, 4.69) is 15.9 Å². The minimum absolute atomic E-state index is 0.219. The highest BCUT2D eigenvalue weighted by Crippen LogP contribution is 2.29. The van der Waals surface area contributed by atoms with Gasteiger partial charge >= 0.3 is 0 Å². The molecule has 1 unspecified atom stereocenters. The molecule has 1 saturated heterocycles. The normalized spacial score (nSPS) is 21.5. The molecule has 0 amide bonds. The molecule has 0 radical (unpaired) electrons. The van der Waals surface area contributed by atoms with Gasteiger partial charge in [0.1, 0.15) is 4.90 Å². The summed E-state index contributed by atoms with van der Waals surface area (Å²) in [6, 6.07) is 6.64.